The average molecular weight is 291 g/mol. The molecule has 2 heterocycles. The minimum atomic E-state index is -0.269. The lowest BCUT2D eigenvalue weighted by atomic mass is 9.99. The lowest BCUT2D eigenvalue weighted by molar-refractivity contribution is 0.178. The summed E-state index contributed by atoms with van der Waals surface area (Å²) < 4.78 is 15.4. The van der Waals surface area contributed by atoms with Crippen molar-refractivity contribution >= 4 is 11.0 Å². The average Bonchev–Trinajstić information content (AvgIpc) is 2.79. The van der Waals surface area contributed by atoms with Crippen molar-refractivity contribution in [3.63, 3.8) is 0 Å². The van der Waals surface area contributed by atoms with Crippen LogP contribution < -0.4 is 0 Å². The highest BCUT2D eigenvalue weighted by atomic mass is 19.1. The number of likely N-dealkylation sites (tertiary alicyclic amines) is 1. The number of aliphatic hydroxyl groups excluding tert-OH is 1. The van der Waals surface area contributed by atoms with Crippen LogP contribution in [0.1, 0.15) is 25.6 Å². The summed E-state index contributed by atoms with van der Waals surface area (Å²) in [5.41, 5.74) is 1.56. The topological polar surface area (TPSA) is 41.3 Å². The van der Waals surface area contributed by atoms with Crippen molar-refractivity contribution in [3.8, 4) is 0 Å². The van der Waals surface area contributed by atoms with Crippen molar-refractivity contribution in [1.82, 2.24) is 14.5 Å². The Labute approximate surface area is 124 Å². The van der Waals surface area contributed by atoms with Crippen molar-refractivity contribution in [2.24, 2.45) is 5.92 Å². The Kier molecular flexibility index (Phi) is 4.22. The number of nitrogens with zero attached hydrogens (tertiary/aromatic N) is 3. The molecule has 1 aromatic carbocycles. The Morgan fingerprint density at radius 1 is 1.33 bits per heavy atom. The number of halogens is 1. The number of benzene rings is 1. The first-order chi connectivity index (χ1) is 10.2. The SMILES string of the molecule is CC1CCN(Cc2nc3cc(F)ccc3n2CCO)CC1. The third-order valence-electron chi connectivity index (χ3n) is 4.35. The van der Waals surface area contributed by atoms with Gasteiger partial charge in [0.15, 0.2) is 0 Å². The highest BCUT2D eigenvalue weighted by Crippen LogP contribution is 2.21. The van der Waals surface area contributed by atoms with E-state index in [-0.39, 0.29) is 12.4 Å². The van der Waals surface area contributed by atoms with Gasteiger partial charge < -0.3 is 9.67 Å². The number of piperidine rings is 1. The Balaban J connectivity index is 1.87. The summed E-state index contributed by atoms with van der Waals surface area (Å²) in [6.45, 7) is 5.79. The van der Waals surface area contributed by atoms with Gasteiger partial charge in [-0.2, -0.15) is 0 Å². The van der Waals surface area contributed by atoms with Gasteiger partial charge in [0.05, 0.1) is 24.2 Å². The van der Waals surface area contributed by atoms with Gasteiger partial charge in [0.2, 0.25) is 0 Å². The fourth-order valence-electron chi connectivity index (χ4n) is 3.04. The quantitative estimate of drug-likeness (QED) is 0.940. The number of imidazole rings is 1. The summed E-state index contributed by atoms with van der Waals surface area (Å²) in [5.74, 6) is 1.44. The predicted octanol–water partition coefficient (Wildman–Crippen LogP) is 2.40. The second-order valence-corrected chi connectivity index (χ2v) is 5.99. The molecule has 114 valence electrons. The summed E-state index contributed by atoms with van der Waals surface area (Å²) in [7, 11) is 0. The molecule has 0 unspecified atom stereocenters. The molecule has 5 heteroatoms. The first-order valence-corrected chi connectivity index (χ1v) is 7.65. The molecule has 1 N–H and O–H groups in total. The molecule has 1 fully saturated rings. The maximum absolute atomic E-state index is 13.4. The normalized spacial score (nSPS) is 17.7. The molecule has 1 saturated heterocycles. The largest absolute Gasteiger partial charge is 0.395 e. The van der Waals surface area contributed by atoms with Crippen molar-refractivity contribution < 1.29 is 9.50 Å². The van der Waals surface area contributed by atoms with Gasteiger partial charge >= 0.3 is 0 Å². The van der Waals surface area contributed by atoms with E-state index in [0.717, 1.165) is 36.9 Å². The summed E-state index contributed by atoms with van der Waals surface area (Å²) >= 11 is 0. The van der Waals surface area contributed by atoms with E-state index < -0.39 is 0 Å². The lowest BCUT2D eigenvalue weighted by Gasteiger charge is -2.29. The van der Waals surface area contributed by atoms with Gasteiger partial charge in [-0.3, -0.25) is 4.90 Å². The van der Waals surface area contributed by atoms with Crippen molar-refractivity contribution in [1.29, 1.82) is 0 Å². The third kappa shape index (κ3) is 3.09. The van der Waals surface area contributed by atoms with E-state index in [9.17, 15) is 9.50 Å². The molecule has 0 amide bonds. The molecule has 0 bridgehead atoms. The Bertz CT molecular complexity index is 617. The molecular formula is C16H22FN3O. The zero-order chi connectivity index (χ0) is 14.8. The summed E-state index contributed by atoms with van der Waals surface area (Å²) in [4.78, 5) is 6.97. The second-order valence-electron chi connectivity index (χ2n) is 5.99. The van der Waals surface area contributed by atoms with E-state index in [2.05, 4.69) is 16.8 Å². The Morgan fingerprint density at radius 3 is 2.81 bits per heavy atom. The molecule has 1 aliphatic heterocycles. The van der Waals surface area contributed by atoms with Gasteiger partial charge in [-0.05, 0) is 44.0 Å². The van der Waals surface area contributed by atoms with Crippen LogP contribution in [0.25, 0.3) is 11.0 Å². The number of fused-ring (bicyclic) bond motifs is 1. The minimum absolute atomic E-state index is 0.0624. The van der Waals surface area contributed by atoms with E-state index in [0.29, 0.717) is 12.1 Å². The molecule has 0 saturated carbocycles. The van der Waals surface area contributed by atoms with Crippen LogP contribution in [0, 0.1) is 11.7 Å². The Morgan fingerprint density at radius 2 is 2.10 bits per heavy atom. The fourth-order valence-corrected chi connectivity index (χ4v) is 3.04. The van der Waals surface area contributed by atoms with Crippen molar-refractivity contribution in [2.45, 2.75) is 32.9 Å². The summed E-state index contributed by atoms with van der Waals surface area (Å²) in [5, 5.41) is 9.28. The molecule has 0 radical (unpaired) electrons. The van der Waals surface area contributed by atoms with E-state index in [4.69, 9.17) is 0 Å². The first-order valence-electron chi connectivity index (χ1n) is 7.65. The van der Waals surface area contributed by atoms with Gasteiger partial charge in [0.25, 0.3) is 0 Å². The van der Waals surface area contributed by atoms with Crippen LogP contribution >= 0.6 is 0 Å². The van der Waals surface area contributed by atoms with Crippen LogP contribution in [0.2, 0.25) is 0 Å². The fraction of sp³-hybridized carbons (Fsp3) is 0.562. The molecule has 1 aliphatic rings. The molecule has 2 aromatic rings. The van der Waals surface area contributed by atoms with Gasteiger partial charge in [-0.1, -0.05) is 6.92 Å². The van der Waals surface area contributed by atoms with Crippen LogP contribution in [0.15, 0.2) is 18.2 Å². The van der Waals surface area contributed by atoms with Gasteiger partial charge in [-0.15, -0.1) is 0 Å². The zero-order valence-corrected chi connectivity index (χ0v) is 12.4. The molecule has 4 nitrogen and oxygen atoms in total. The molecule has 3 rings (SSSR count). The molecule has 21 heavy (non-hydrogen) atoms. The highest BCUT2D eigenvalue weighted by molar-refractivity contribution is 5.76. The standard InChI is InChI=1S/C16H22FN3O/c1-12-4-6-19(7-5-12)11-16-18-14-10-13(17)2-3-15(14)20(16)8-9-21/h2-3,10,12,21H,4-9,11H2,1H3. The summed E-state index contributed by atoms with van der Waals surface area (Å²) in [6, 6.07) is 4.66. The van der Waals surface area contributed by atoms with Crippen LogP contribution in [0.3, 0.4) is 0 Å². The van der Waals surface area contributed by atoms with E-state index in [1.807, 2.05) is 4.57 Å². The van der Waals surface area contributed by atoms with Crippen molar-refractivity contribution in [2.75, 3.05) is 19.7 Å². The third-order valence-corrected chi connectivity index (χ3v) is 4.35. The summed E-state index contributed by atoms with van der Waals surface area (Å²) in [6.07, 6.45) is 2.43. The van der Waals surface area contributed by atoms with Crippen LogP contribution in [-0.4, -0.2) is 39.3 Å². The number of hydrogen-bond donors (Lipinski definition) is 1. The molecule has 0 aliphatic carbocycles. The zero-order valence-electron chi connectivity index (χ0n) is 12.4. The first kappa shape index (κ1) is 14.5. The van der Waals surface area contributed by atoms with E-state index in [1.165, 1.54) is 25.0 Å². The van der Waals surface area contributed by atoms with Crippen LogP contribution in [0.5, 0.6) is 0 Å². The lowest BCUT2D eigenvalue weighted by Crippen LogP contribution is -2.33. The number of hydrogen-bond acceptors (Lipinski definition) is 3. The number of aliphatic hydroxyl groups is 1. The monoisotopic (exact) mass is 291 g/mol. The molecule has 0 atom stereocenters. The smallest absolute Gasteiger partial charge is 0.125 e. The molecule has 0 spiro atoms. The van der Waals surface area contributed by atoms with Crippen molar-refractivity contribution in [3.05, 3.63) is 29.8 Å². The van der Waals surface area contributed by atoms with E-state index >= 15 is 0 Å². The van der Waals surface area contributed by atoms with Crippen LogP contribution in [-0.2, 0) is 13.1 Å². The number of rotatable bonds is 4. The van der Waals surface area contributed by atoms with Gasteiger partial charge in [0, 0.05) is 12.6 Å². The van der Waals surface area contributed by atoms with E-state index in [1.54, 1.807) is 6.07 Å². The highest BCUT2D eigenvalue weighted by Gasteiger charge is 2.19. The molecule has 1 aromatic heterocycles. The number of aromatic nitrogens is 2. The predicted molar refractivity (Wildman–Crippen MR) is 80.5 cm³/mol. The van der Waals surface area contributed by atoms with Gasteiger partial charge in [-0.25, -0.2) is 9.37 Å². The Hall–Kier alpha value is -1.46. The maximum Gasteiger partial charge on any atom is 0.125 e. The maximum atomic E-state index is 13.4. The van der Waals surface area contributed by atoms with Gasteiger partial charge in [0.1, 0.15) is 11.6 Å². The second kappa shape index (κ2) is 6.12. The minimum Gasteiger partial charge on any atom is -0.395 e. The molecular weight excluding hydrogens is 269 g/mol. The van der Waals surface area contributed by atoms with Crippen LogP contribution in [0.4, 0.5) is 4.39 Å².